The lowest BCUT2D eigenvalue weighted by molar-refractivity contribution is -0.384. The molecule has 0 saturated carbocycles. The lowest BCUT2D eigenvalue weighted by Crippen LogP contribution is -2.14. The van der Waals surface area contributed by atoms with Crippen LogP contribution in [0.4, 0.5) is 22.7 Å². The maximum atomic E-state index is 11.5. The van der Waals surface area contributed by atoms with Gasteiger partial charge in [-0.1, -0.05) is 12.2 Å². The van der Waals surface area contributed by atoms with E-state index in [1.165, 1.54) is 18.2 Å². The Morgan fingerprint density at radius 2 is 1.46 bits per heavy atom. The van der Waals surface area contributed by atoms with Gasteiger partial charge in [-0.15, -0.1) is 0 Å². The van der Waals surface area contributed by atoms with Crippen LogP contribution in [0.1, 0.15) is 32.7 Å². The van der Waals surface area contributed by atoms with E-state index >= 15 is 0 Å². The number of nitrogens with one attached hydrogen (secondary N) is 2. The summed E-state index contributed by atoms with van der Waals surface area (Å²) in [5, 5.41) is 37.4. The van der Waals surface area contributed by atoms with Gasteiger partial charge in [0.15, 0.2) is 0 Å². The van der Waals surface area contributed by atoms with Gasteiger partial charge in [0.05, 0.1) is 9.85 Å². The van der Waals surface area contributed by atoms with E-state index in [4.69, 9.17) is 16.6 Å². The Morgan fingerprint density at radius 1 is 0.886 bits per heavy atom. The molecule has 0 bridgehead atoms. The number of aryl methyl sites for hydroxylation is 1. The van der Waals surface area contributed by atoms with Gasteiger partial charge >= 0.3 is 5.97 Å². The van der Waals surface area contributed by atoms with Crippen LogP contribution in [-0.2, 0) is 11.2 Å². The SMILES string of the molecule is NC(=O)c1ccc(NCC=CCNc2c(CCC(=O)O)cc(C(N)=O)cc2[N+](=O)[O-])c([N+](=O)[O-])c1. The molecule has 0 spiro atoms. The molecule has 0 aliphatic carbocycles. The molecule has 0 saturated heterocycles. The second-order valence-electron chi connectivity index (χ2n) is 7.13. The van der Waals surface area contributed by atoms with Crippen molar-refractivity contribution in [1.82, 2.24) is 0 Å². The zero-order valence-corrected chi connectivity index (χ0v) is 18.2. The number of carboxylic acid groups (broad SMARTS) is 1. The third-order valence-electron chi connectivity index (χ3n) is 4.74. The van der Waals surface area contributed by atoms with Crippen molar-refractivity contribution in [3.05, 3.63) is 79.4 Å². The van der Waals surface area contributed by atoms with Crippen molar-refractivity contribution < 1.29 is 29.3 Å². The van der Waals surface area contributed by atoms with Crippen LogP contribution in [0, 0.1) is 20.2 Å². The van der Waals surface area contributed by atoms with Gasteiger partial charge in [-0.05, 0) is 30.2 Å². The normalized spacial score (nSPS) is 10.6. The van der Waals surface area contributed by atoms with E-state index in [2.05, 4.69) is 10.6 Å². The van der Waals surface area contributed by atoms with Crippen molar-refractivity contribution in [3.8, 4) is 0 Å². The average molecular weight is 486 g/mol. The number of anilines is 2. The van der Waals surface area contributed by atoms with Crippen LogP contribution >= 0.6 is 0 Å². The van der Waals surface area contributed by atoms with Crippen LogP contribution in [0.5, 0.6) is 0 Å². The first-order valence-corrected chi connectivity index (χ1v) is 10.0. The Morgan fingerprint density at radius 3 is 2.00 bits per heavy atom. The summed E-state index contributed by atoms with van der Waals surface area (Å²) in [5.74, 6) is -2.81. The molecule has 2 aromatic rings. The second kappa shape index (κ2) is 11.7. The highest BCUT2D eigenvalue weighted by Gasteiger charge is 2.21. The molecule has 0 aromatic heterocycles. The molecule has 2 rings (SSSR count). The number of hydrogen-bond acceptors (Lipinski definition) is 9. The van der Waals surface area contributed by atoms with Crippen LogP contribution in [0.15, 0.2) is 42.5 Å². The molecule has 0 aliphatic rings. The maximum Gasteiger partial charge on any atom is 0.303 e. The zero-order chi connectivity index (χ0) is 26.1. The van der Waals surface area contributed by atoms with Crippen LogP contribution in [-0.4, -0.2) is 45.8 Å². The summed E-state index contributed by atoms with van der Waals surface area (Å²) in [6.07, 6.45) is 2.79. The van der Waals surface area contributed by atoms with Crippen LogP contribution in [0.2, 0.25) is 0 Å². The summed E-state index contributed by atoms with van der Waals surface area (Å²) in [7, 11) is 0. The third kappa shape index (κ3) is 7.24. The summed E-state index contributed by atoms with van der Waals surface area (Å²) in [6.45, 7) is 0.230. The number of benzene rings is 2. The predicted octanol–water partition coefficient (Wildman–Crippen LogP) is 1.80. The number of primary amides is 2. The number of aliphatic carboxylic acids is 1. The summed E-state index contributed by atoms with van der Waals surface area (Å²) >= 11 is 0. The number of nitro benzene ring substituents is 2. The monoisotopic (exact) mass is 486 g/mol. The first-order chi connectivity index (χ1) is 16.5. The predicted molar refractivity (Wildman–Crippen MR) is 125 cm³/mol. The minimum Gasteiger partial charge on any atom is -0.481 e. The molecule has 0 heterocycles. The van der Waals surface area contributed by atoms with Gasteiger partial charge in [-0.25, -0.2) is 0 Å². The fraction of sp³-hybridized carbons (Fsp3) is 0.190. The molecule has 2 aromatic carbocycles. The van der Waals surface area contributed by atoms with E-state index in [0.717, 1.165) is 12.1 Å². The summed E-state index contributed by atoms with van der Waals surface area (Å²) in [6, 6.07) is 6.07. The van der Waals surface area contributed by atoms with E-state index in [0.29, 0.717) is 0 Å². The quantitative estimate of drug-likeness (QED) is 0.156. The molecule has 0 unspecified atom stereocenters. The molecule has 2 amide bonds. The number of nitro groups is 2. The van der Waals surface area contributed by atoms with Crippen molar-refractivity contribution in [1.29, 1.82) is 0 Å². The van der Waals surface area contributed by atoms with E-state index in [-0.39, 0.29) is 59.7 Å². The Balaban J connectivity index is 2.14. The van der Waals surface area contributed by atoms with E-state index in [9.17, 15) is 34.6 Å². The first kappa shape index (κ1) is 26.2. The summed E-state index contributed by atoms with van der Waals surface area (Å²) in [5.41, 5.74) is 9.93. The van der Waals surface area contributed by atoms with E-state index in [1.807, 2.05) is 0 Å². The molecule has 0 fully saturated rings. The lowest BCUT2D eigenvalue weighted by atomic mass is 10.0. The highest BCUT2D eigenvalue weighted by atomic mass is 16.6. The van der Waals surface area contributed by atoms with Gasteiger partial charge in [0.2, 0.25) is 11.8 Å². The van der Waals surface area contributed by atoms with Crippen molar-refractivity contribution in [2.24, 2.45) is 11.5 Å². The van der Waals surface area contributed by atoms with Gasteiger partial charge in [0, 0.05) is 42.8 Å². The third-order valence-corrected chi connectivity index (χ3v) is 4.74. The lowest BCUT2D eigenvalue weighted by Gasteiger charge is -2.12. The number of amides is 2. The molecule has 7 N–H and O–H groups in total. The molecule has 0 aliphatic heterocycles. The molecule has 0 radical (unpaired) electrons. The highest BCUT2D eigenvalue weighted by molar-refractivity contribution is 5.95. The van der Waals surface area contributed by atoms with Crippen LogP contribution in [0.25, 0.3) is 0 Å². The number of nitrogens with two attached hydrogens (primary N) is 2. The number of rotatable bonds is 13. The number of carboxylic acids is 1. The van der Waals surface area contributed by atoms with Gasteiger partial charge in [0.1, 0.15) is 11.4 Å². The van der Waals surface area contributed by atoms with Crippen molar-refractivity contribution >= 4 is 40.5 Å². The number of carbonyl (C=O) groups excluding carboxylic acids is 2. The summed E-state index contributed by atoms with van der Waals surface area (Å²) < 4.78 is 0. The Hall–Kier alpha value is -5.01. The van der Waals surface area contributed by atoms with Gasteiger partial charge in [-0.3, -0.25) is 34.6 Å². The Bertz CT molecular complexity index is 1210. The molecular weight excluding hydrogens is 464 g/mol. The Labute approximate surface area is 197 Å². The zero-order valence-electron chi connectivity index (χ0n) is 18.2. The topological polar surface area (TPSA) is 234 Å². The number of carbonyl (C=O) groups is 3. The Kier molecular flexibility index (Phi) is 8.80. The maximum absolute atomic E-state index is 11.5. The minimum absolute atomic E-state index is 0.00959. The fourth-order valence-corrected chi connectivity index (χ4v) is 3.10. The molecule has 0 atom stereocenters. The first-order valence-electron chi connectivity index (χ1n) is 10.0. The van der Waals surface area contributed by atoms with Gasteiger partial charge in [-0.2, -0.15) is 0 Å². The molecule has 35 heavy (non-hydrogen) atoms. The standard InChI is InChI=1S/C21H22N6O8/c22-20(30)13-3-5-15(16(10-13)26(32)33)24-7-1-2-8-25-19-12(4-6-18(28)29)9-14(21(23)31)11-17(19)27(34)35/h1-3,5,9-11,24-25H,4,6-8H2,(H2,22,30)(H2,23,31)(H,28,29). The number of hydrogen-bond donors (Lipinski definition) is 5. The number of nitrogens with zero attached hydrogens (tertiary/aromatic N) is 2. The smallest absolute Gasteiger partial charge is 0.303 e. The molecule has 184 valence electrons. The molecule has 14 nitrogen and oxygen atoms in total. The summed E-state index contributed by atoms with van der Waals surface area (Å²) in [4.78, 5) is 55.1. The molecule has 14 heteroatoms. The van der Waals surface area contributed by atoms with Crippen molar-refractivity contribution in [2.45, 2.75) is 12.8 Å². The second-order valence-corrected chi connectivity index (χ2v) is 7.13. The van der Waals surface area contributed by atoms with E-state index < -0.39 is 33.3 Å². The largest absolute Gasteiger partial charge is 0.481 e. The van der Waals surface area contributed by atoms with E-state index in [1.54, 1.807) is 12.2 Å². The van der Waals surface area contributed by atoms with Gasteiger partial charge < -0.3 is 27.2 Å². The minimum atomic E-state index is -1.12. The van der Waals surface area contributed by atoms with Gasteiger partial charge in [0.25, 0.3) is 11.4 Å². The average Bonchev–Trinajstić information content (AvgIpc) is 2.79. The van der Waals surface area contributed by atoms with Crippen molar-refractivity contribution in [2.75, 3.05) is 23.7 Å². The fourth-order valence-electron chi connectivity index (χ4n) is 3.10. The van der Waals surface area contributed by atoms with Crippen LogP contribution < -0.4 is 22.1 Å². The van der Waals surface area contributed by atoms with Crippen LogP contribution in [0.3, 0.4) is 0 Å². The highest BCUT2D eigenvalue weighted by Crippen LogP contribution is 2.31. The van der Waals surface area contributed by atoms with Crippen molar-refractivity contribution in [3.63, 3.8) is 0 Å². The molecular formula is C21H22N6O8.